The summed E-state index contributed by atoms with van der Waals surface area (Å²) in [6.45, 7) is 15.6. The highest BCUT2D eigenvalue weighted by Crippen LogP contribution is 2.57. The number of rotatable bonds is 4. The summed E-state index contributed by atoms with van der Waals surface area (Å²) in [5.41, 5.74) is 5.59. The number of nitrogens with two attached hydrogens (primary N) is 1. The largest absolute Gasteiger partial charge is 0.444 e. The fraction of sp³-hybridized carbons (Fsp3) is 0.933. The zero-order chi connectivity index (χ0) is 15.0. The van der Waals surface area contributed by atoms with E-state index in [-0.39, 0.29) is 17.6 Å². The molecule has 0 radical (unpaired) electrons. The minimum atomic E-state index is -0.448. The van der Waals surface area contributed by atoms with Crippen molar-refractivity contribution in [3.8, 4) is 0 Å². The van der Waals surface area contributed by atoms with Crippen molar-refractivity contribution in [1.29, 1.82) is 0 Å². The average Bonchev–Trinajstić information content (AvgIpc) is 2.72. The van der Waals surface area contributed by atoms with E-state index in [4.69, 9.17) is 10.5 Å². The summed E-state index contributed by atoms with van der Waals surface area (Å²) in [6.07, 6.45) is -0.221. The minimum absolute atomic E-state index is 0.143. The lowest BCUT2D eigenvalue weighted by molar-refractivity contribution is 0.0172. The molecule has 0 aromatic heterocycles. The van der Waals surface area contributed by atoms with Crippen molar-refractivity contribution >= 4 is 6.09 Å². The molecule has 19 heavy (non-hydrogen) atoms. The van der Waals surface area contributed by atoms with Gasteiger partial charge in [0.05, 0.1) is 0 Å². The second-order valence-corrected chi connectivity index (χ2v) is 7.50. The first-order valence-corrected chi connectivity index (χ1v) is 7.20. The van der Waals surface area contributed by atoms with Crippen LogP contribution in [0.15, 0.2) is 0 Å². The molecule has 4 heteroatoms. The first kappa shape index (κ1) is 16.3. The molecule has 0 spiro atoms. The van der Waals surface area contributed by atoms with Crippen LogP contribution in [0.25, 0.3) is 0 Å². The van der Waals surface area contributed by atoms with Gasteiger partial charge in [-0.25, -0.2) is 4.79 Å². The second-order valence-electron chi connectivity index (χ2n) is 7.50. The third-order valence-corrected chi connectivity index (χ3v) is 4.19. The Labute approximate surface area is 117 Å². The number of carbonyl (C=O) groups is 1. The molecule has 0 bridgehead atoms. The predicted molar refractivity (Wildman–Crippen MR) is 77.9 cm³/mol. The Hall–Kier alpha value is -0.770. The number of ether oxygens (including phenoxy) is 1. The van der Waals surface area contributed by atoms with Crippen LogP contribution in [0.4, 0.5) is 4.79 Å². The predicted octanol–water partition coefficient (Wildman–Crippen LogP) is 2.86. The lowest BCUT2D eigenvalue weighted by atomic mass is 10.1. The minimum Gasteiger partial charge on any atom is -0.444 e. The molecule has 1 amide bonds. The topological polar surface area (TPSA) is 55.6 Å². The Bertz CT molecular complexity index is 332. The van der Waals surface area contributed by atoms with E-state index in [1.807, 2.05) is 39.5 Å². The maximum absolute atomic E-state index is 12.2. The van der Waals surface area contributed by atoms with E-state index in [1.165, 1.54) is 0 Å². The van der Waals surface area contributed by atoms with Crippen molar-refractivity contribution in [1.82, 2.24) is 4.90 Å². The molecule has 1 fully saturated rings. The van der Waals surface area contributed by atoms with E-state index >= 15 is 0 Å². The van der Waals surface area contributed by atoms with Crippen LogP contribution in [0.3, 0.4) is 0 Å². The second kappa shape index (κ2) is 5.31. The van der Waals surface area contributed by atoms with Crippen LogP contribution in [0.2, 0.25) is 0 Å². The normalized spacial score (nSPS) is 25.3. The first-order valence-electron chi connectivity index (χ1n) is 7.20. The van der Waals surface area contributed by atoms with Crippen LogP contribution in [0.5, 0.6) is 0 Å². The summed E-state index contributed by atoms with van der Waals surface area (Å²) in [5, 5.41) is 0. The Balaban J connectivity index is 2.68. The van der Waals surface area contributed by atoms with Crippen molar-refractivity contribution in [2.24, 2.45) is 23.0 Å². The van der Waals surface area contributed by atoms with E-state index in [1.54, 1.807) is 0 Å². The maximum atomic E-state index is 12.2. The summed E-state index contributed by atoms with van der Waals surface area (Å²) in [7, 11) is 0. The molecular formula is C15H30N2O2. The van der Waals surface area contributed by atoms with Gasteiger partial charge in [0.25, 0.3) is 0 Å². The zero-order valence-corrected chi connectivity index (χ0v) is 13.5. The van der Waals surface area contributed by atoms with E-state index in [0.29, 0.717) is 18.4 Å². The van der Waals surface area contributed by atoms with Crippen LogP contribution in [0, 0.1) is 17.3 Å². The summed E-state index contributed by atoms with van der Waals surface area (Å²) in [6, 6.07) is 0.143. The fourth-order valence-corrected chi connectivity index (χ4v) is 2.72. The Morgan fingerprint density at radius 3 is 2.16 bits per heavy atom. The van der Waals surface area contributed by atoms with Gasteiger partial charge in [-0.1, -0.05) is 13.8 Å². The Morgan fingerprint density at radius 1 is 1.32 bits per heavy atom. The quantitative estimate of drug-likeness (QED) is 0.854. The van der Waals surface area contributed by atoms with Crippen LogP contribution >= 0.6 is 0 Å². The lowest BCUT2D eigenvalue weighted by Gasteiger charge is -2.30. The van der Waals surface area contributed by atoms with E-state index in [9.17, 15) is 4.79 Å². The van der Waals surface area contributed by atoms with Crippen molar-refractivity contribution in [3.63, 3.8) is 0 Å². The van der Waals surface area contributed by atoms with Gasteiger partial charge in [0.1, 0.15) is 5.60 Å². The first-order chi connectivity index (χ1) is 8.50. The molecule has 1 aliphatic carbocycles. The summed E-state index contributed by atoms with van der Waals surface area (Å²) in [5.74, 6) is 0.989. The highest BCUT2D eigenvalue weighted by Gasteiger charge is 2.57. The molecule has 0 aromatic carbocycles. The molecular weight excluding hydrogens is 240 g/mol. The Morgan fingerprint density at radius 2 is 1.84 bits per heavy atom. The van der Waals surface area contributed by atoms with Crippen molar-refractivity contribution in [2.75, 3.05) is 13.1 Å². The van der Waals surface area contributed by atoms with Crippen molar-refractivity contribution in [3.05, 3.63) is 0 Å². The average molecular weight is 270 g/mol. The van der Waals surface area contributed by atoms with Gasteiger partial charge in [-0.15, -0.1) is 0 Å². The van der Waals surface area contributed by atoms with E-state index < -0.39 is 5.60 Å². The number of hydrogen-bond donors (Lipinski definition) is 1. The van der Waals surface area contributed by atoms with Crippen LogP contribution < -0.4 is 5.73 Å². The molecule has 0 heterocycles. The van der Waals surface area contributed by atoms with Crippen LogP contribution in [0.1, 0.15) is 48.5 Å². The van der Waals surface area contributed by atoms with Gasteiger partial charge in [0, 0.05) is 12.6 Å². The number of hydrogen-bond acceptors (Lipinski definition) is 3. The van der Waals surface area contributed by atoms with Crippen molar-refractivity contribution in [2.45, 2.75) is 60.1 Å². The molecule has 1 rings (SSSR count). The number of amides is 1. The van der Waals surface area contributed by atoms with E-state index in [2.05, 4.69) is 13.8 Å². The SMILES string of the molecule is CC(C)N(CC1C(CN)C1(C)C)C(=O)OC(C)(C)C. The molecule has 2 unspecified atom stereocenters. The molecule has 112 valence electrons. The standard InChI is InChI=1S/C15H30N2O2/c1-10(2)17(13(18)19-14(3,4)5)9-12-11(8-16)15(12,6)7/h10-12H,8-9,16H2,1-7H3. The molecule has 0 aliphatic heterocycles. The van der Waals surface area contributed by atoms with Gasteiger partial charge in [-0.3, -0.25) is 0 Å². The molecule has 1 saturated carbocycles. The van der Waals surface area contributed by atoms with Crippen LogP contribution in [-0.4, -0.2) is 35.7 Å². The van der Waals surface area contributed by atoms with Gasteiger partial charge in [0.15, 0.2) is 0 Å². The molecule has 0 aromatic rings. The number of nitrogens with zero attached hydrogens (tertiary/aromatic N) is 1. The van der Waals surface area contributed by atoms with E-state index in [0.717, 1.165) is 6.54 Å². The smallest absolute Gasteiger partial charge is 0.410 e. The lowest BCUT2D eigenvalue weighted by Crippen LogP contribution is -2.42. The van der Waals surface area contributed by atoms with Crippen LogP contribution in [-0.2, 0) is 4.74 Å². The maximum Gasteiger partial charge on any atom is 0.410 e. The molecule has 2 atom stereocenters. The summed E-state index contributed by atoms with van der Waals surface area (Å²) < 4.78 is 5.48. The monoisotopic (exact) mass is 270 g/mol. The van der Waals surface area contributed by atoms with Gasteiger partial charge in [-0.05, 0) is 58.4 Å². The molecule has 2 N–H and O–H groups in total. The molecule has 1 aliphatic rings. The van der Waals surface area contributed by atoms with Gasteiger partial charge in [0.2, 0.25) is 0 Å². The van der Waals surface area contributed by atoms with Gasteiger partial charge >= 0.3 is 6.09 Å². The highest BCUT2D eigenvalue weighted by molar-refractivity contribution is 5.68. The van der Waals surface area contributed by atoms with Gasteiger partial charge < -0.3 is 15.4 Å². The third kappa shape index (κ3) is 3.85. The molecule has 4 nitrogen and oxygen atoms in total. The highest BCUT2D eigenvalue weighted by atomic mass is 16.6. The van der Waals surface area contributed by atoms with Crippen molar-refractivity contribution < 1.29 is 9.53 Å². The zero-order valence-electron chi connectivity index (χ0n) is 13.5. The number of carbonyl (C=O) groups excluding carboxylic acids is 1. The Kier molecular flexibility index (Phi) is 4.55. The summed E-state index contributed by atoms with van der Waals surface area (Å²) >= 11 is 0. The molecule has 0 saturated heterocycles. The fourth-order valence-electron chi connectivity index (χ4n) is 2.72. The summed E-state index contributed by atoms with van der Waals surface area (Å²) in [4.78, 5) is 14.1. The third-order valence-electron chi connectivity index (χ3n) is 4.19. The van der Waals surface area contributed by atoms with Gasteiger partial charge in [-0.2, -0.15) is 0 Å².